The van der Waals surface area contributed by atoms with Gasteiger partial charge in [0.1, 0.15) is 11.6 Å². The molecule has 0 aromatic heterocycles. The van der Waals surface area contributed by atoms with Gasteiger partial charge in [0.2, 0.25) is 5.91 Å². The Morgan fingerprint density at radius 2 is 1.59 bits per heavy atom. The summed E-state index contributed by atoms with van der Waals surface area (Å²) in [5.41, 5.74) is 0.0616. The third-order valence-corrected chi connectivity index (χ3v) is 7.99. The van der Waals surface area contributed by atoms with Gasteiger partial charge in [0.25, 0.3) is 0 Å². The van der Waals surface area contributed by atoms with Crippen molar-refractivity contribution in [2.45, 2.75) is 51.7 Å². The number of benzene rings is 2. The molecule has 0 spiro atoms. The number of nitrogens with zero attached hydrogens (tertiary/aromatic N) is 2. The second-order valence-electron chi connectivity index (χ2n) is 11.2. The first-order valence-electron chi connectivity index (χ1n) is 12.2. The maximum atomic E-state index is 14.8. The number of hydrogen-bond acceptors (Lipinski definition) is 3. The highest BCUT2D eigenvalue weighted by atomic mass is 19.1. The second-order valence-corrected chi connectivity index (χ2v) is 11.2. The first-order chi connectivity index (χ1) is 15.9. The van der Waals surface area contributed by atoms with Crippen molar-refractivity contribution < 1.29 is 18.7 Å². The Bertz CT molecular complexity index is 1020. The molecular formula is C28H36F2N2O2. The monoisotopic (exact) mass is 470 g/mol. The normalized spacial score (nSPS) is 30.5. The van der Waals surface area contributed by atoms with Crippen LogP contribution in [0.4, 0.5) is 8.78 Å². The van der Waals surface area contributed by atoms with Crippen molar-refractivity contribution in [3.63, 3.8) is 0 Å². The van der Waals surface area contributed by atoms with Crippen LogP contribution in [-0.2, 0) is 10.4 Å². The summed E-state index contributed by atoms with van der Waals surface area (Å²) in [4.78, 5) is 17.9. The molecule has 2 aromatic carbocycles. The highest BCUT2D eigenvalue weighted by Gasteiger charge is 2.50. The number of amides is 1. The SMILES string of the molecule is CC1CN(C(=O)C2CN(C(C)(C)C)C[C@H]2c2ccc(F)cc2F)C[C@H](C)C1(O)c1ccccc1. The number of likely N-dealkylation sites (tertiary alicyclic amines) is 2. The second kappa shape index (κ2) is 9.04. The van der Waals surface area contributed by atoms with E-state index in [1.165, 1.54) is 12.1 Å². The minimum absolute atomic E-state index is 0.0192. The number of aliphatic hydroxyl groups is 1. The van der Waals surface area contributed by atoms with Crippen LogP contribution in [-0.4, -0.2) is 52.5 Å². The van der Waals surface area contributed by atoms with E-state index in [-0.39, 0.29) is 29.2 Å². The summed E-state index contributed by atoms with van der Waals surface area (Å²) in [6, 6.07) is 13.3. The molecule has 0 saturated carbocycles. The van der Waals surface area contributed by atoms with Crippen LogP contribution in [0, 0.1) is 29.4 Å². The summed E-state index contributed by atoms with van der Waals surface area (Å²) >= 11 is 0. The Hall–Kier alpha value is -2.31. The first kappa shape index (κ1) is 24.8. The van der Waals surface area contributed by atoms with E-state index < -0.39 is 23.2 Å². The van der Waals surface area contributed by atoms with Gasteiger partial charge in [-0.05, 0) is 38.0 Å². The van der Waals surface area contributed by atoms with E-state index in [1.54, 1.807) is 0 Å². The molecule has 2 aliphatic rings. The zero-order valence-electron chi connectivity index (χ0n) is 20.8. The van der Waals surface area contributed by atoms with Crippen molar-refractivity contribution in [2.75, 3.05) is 26.2 Å². The lowest BCUT2D eigenvalue weighted by Crippen LogP contribution is -2.57. The van der Waals surface area contributed by atoms with Crippen LogP contribution in [0.1, 0.15) is 51.7 Å². The molecule has 5 atom stereocenters. The number of halogens is 2. The molecule has 2 aliphatic heterocycles. The molecule has 6 heteroatoms. The Balaban J connectivity index is 1.61. The van der Waals surface area contributed by atoms with E-state index in [2.05, 4.69) is 25.7 Å². The maximum Gasteiger partial charge on any atom is 0.227 e. The average Bonchev–Trinajstić information content (AvgIpc) is 3.23. The van der Waals surface area contributed by atoms with Gasteiger partial charge < -0.3 is 10.0 Å². The molecule has 0 radical (unpaired) electrons. The summed E-state index contributed by atoms with van der Waals surface area (Å²) in [5, 5.41) is 11.7. The fourth-order valence-electron chi connectivity index (χ4n) is 5.91. The fourth-order valence-corrected chi connectivity index (χ4v) is 5.91. The lowest BCUT2D eigenvalue weighted by atomic mass is 9.70. The van der Waals surface area contributed by atoms with Gasteiger partial charge in [-0.2, -0.15) is 0 Å². The molecular weight excluding hydrogens is 434 g/mol. The van der Waals surface area contributed by atoms with Gasteiger partial charge in [0.15, 0.2) is 0 Å². The number of hydrogen-bond donors (Lipinski definition) is 1. The van der Waals surface area contributed by atoms with Gasteiger partial charge in [0, 0.05) is 55.5 Å². The van der Waals surface area contributed by atoms with Gasteiger partial charge in [-0.15, -0.1) is 0 Å². The summed E-state index contributed by atoms with van der Waals surface area (Å²) in [7, 11) is 0. The minimum atomic E-state index is -1.02. The number of carbonyl (C=O) groups is 1. The molecule has 3 unspecified atom stereocenters. The van der Waals surface area contributed by atoms with Crippen molar-refractivity contribution >= 4 is 5.91 Å². The minimum Gasteiger partial charge on any atom is -0.384 e. The predicted molar refractivity (Wildman–Crippen MR) is 129 cm³/mol. The molecule has 184 valence electrons. The Kier molecular flexibility index (Phi) is 6.60. The topological polar surface area (TPSA) is 43.8 Å². The molecule has 1 N–H and O–H groups in total. The molecule has 2 saturated heterocycles. The summed E-state index contributed by atoms with van der Waals surface area (Å²) < 4.78 is 28.4. The highest BCUT2D eigenvalue weighted by Crippen LogP contribution is 2.43. The van der Waals surface area contributed by atoms with E-state index in [1.807, 2.05) is 49.1 Å². The molecule has 0 bridgehead atoms. The molecule has 1 amide bonds. The van der Waals surface area contributed by atoms with Gasteiger partial charge in [-0.1, -0.05) is 50.2 Å². The van der Waals surface area contributed by atoms with Gasteiger partial charge in [-0.25, -0.2) is 8.78 Å². The van der Waals surface area contributed by atoms with Crippen molar-refractivity contribution in [3.8, 4) is 0 Å². The maximum absolute atomic E-state index is 14.8. The summed E-state index contributed by atoms with van der Waals surface area (Å²) in [6.07, 6.45) is 0. The molecule has 2 heterocycles. The van der Waals surface area contributed by atoms with Crippen LogP contribution in [0.2, 0.25) is 0 Å². The predicted octanol–water partition coefficient (Wildman–Crippen LogP) is 4.78. The molecule has 34 heavy (non-hydrogen) atoms. The molecule has 2 aromatic rings. The zero-order chi connectivity index (χ0) is 24.8. The van der Waals surface area contributed by atoms with Crippen LogP contribution in [0.3, 0.4) is 0 Å². The third kappa shape index (κ3) is 4.38. The van der Waals surface area contributed by atoms with Crippen LogP contribution >= 0.6 is 0 Å². The Morgan fingerprint density at radius 1 is 0.971 bits per heavy atom. The molecule has 4 rings (SSSR count). The zero-order valence-corrected chi connectivity index (χ0v) is 20.8. The Labute approximate surface area is 201 Å². The average molecular weight is 471 g/mol. The van der Waals surface area contributed by atoms with E-state index in [9.17, 15) is 18.7 Å². The van der Waals surface area contributed by atoms with Crippen molar-refractivity contribution in [2.24, 2.45) is 17.8 Å². The van der Waals surface area contributed by atoms with Crippen LogP contribution in [0.15, 0.2) is 48.5 Å². The number of piperidine rings is 1. The number of rotatable bonds is 3. The molecule has 2 fully saturated rings. The summed E-state index contributed by atoms with van der Waals surface area (Å²) in [6.45, 7) is 12.1. The molecule has 0 aliphatic carbocycles. The number of carbonyl (C=O) groups excluding carboxylic acids is 1. The standard InChI is InChI=1S/C28H36F2N2O2/c1-18-14-31(15-19(2)28(18,34)20-9-7-6-8-10-20)26(33)24-17-32(27(3,4)5)16-23(24)22-12-11-21(29)13-25(22)30/h6-13,18-19,23-24,34H,14-17H2,1-5H3/t18-,19?,23-,24?,28?/m0/s1. The van der Waals surface area contributed by atoms with Crippen LogP contribution < -0.4 is 0 Å². The quantitative estimate of drug-likeness (QED) is 0.702. The van der Waals surface area contributed by atoms with Crippen LogP contribution in [0.5, 0.6) is 0 Å². The van der Waals surface area contributed by atoms with Gasteiger partial charge >= 0.3 is 0 Å². The van der Waals surface area contributed by atoms with Gasteiger partial charge in [0.05, 0.1) is 11.5 Å². The third-order valence-electron chi connectivity index (χ3n) is 7.99. The van der Waals surface area contributed by atoms with E-state index in [0.717, 1.165) is 11.6 Å². The Morgan fingerprint density at radius 3 is 2.15 bits per heavy atom. The van der Waals surface area contributed by atoms with Crippen molar-refractivity contribution in [1.82, 2.24) is 9.80 Å². The highest BCUT2D eigenvalue weighted by molar-refractivity contribution is 5.81. The fraction of sp³-hybridized carbons (Fsp3) is 0.536. The lowest BCUT2D eigenvalue weighted by Gasteiger charge is -2.48. The van der Waals surface area contributed by atoms with Crippen molar-refractivity contribution in [3.05, 3.63) is 71.3 Å². The smallest absolute Gasteiger partial charge is 0.227 e. The first-order valence-corrected chi connectivity index (χ1v) is 12.2. The van der Waals surface area contributed by atoms with Crippen LogP contribution in [0.25, 0.3) is 0 Å². The lowest BCUT2D eigenvalue weighted by molar-refractivity contribution is -0.152. The van der Waals surface area contributed by atoms with Crippen molar-refractivity contribution in [1.29, 1.82) is 0 Å². The largest absolute Gasteiger partial charge is 0.384 e. The van der Waals surface area contributed by atoms with Gasteiger partial charge in [-0.3, -0.25) is 9.69 Å². The molecule has 4 nitrogen and oxygen atoms in total. The van der Waals surface area contributed by atoms with E-state index in [0.29, 0.717) is 31.7 Å². The van der Waals surface area contributed by atoms with E-state index in [4.69, 9.17) is 0 Å². The summed E-state index contributed by atoms with van der Waals surface area (Å²) in [5.74, 6) is -2.35. The van der Waals surface area contributed by atoms with E-state index >= 15 is 0 Å².